The molecule has 0 bridgehead atoms. The number of ether oxygens (including phenoxy) is 1. The molecule has 1 atom stereocenters. The first-order chi connectivity index (χ1) is 12.7. The van der Waals surface area contributed by atoms with Crippen LogP contribution in [0, 0.1) is 5.41 Å². The van der Waals surface area contributed by atoms with E-state index in [4.69, 9.17) is 4.74 Å². The van der Waals surface area contributed by atoms with Gasteiger partial charge in [-0.2, -0.15) is 0 Å². The zero-order valence-corrected chi connectivity index (χ0v) is 18.4. The van der Waals surface area contributed by atoms with Gasteiger partial charge in [0.15, 0.2) is 0 Å². The Morgan fingerprint density at radius 1 is 1.30 bits per heavy atom. The lowest BCUT2D eigenvalue weighted by Crippen LogP contribution is -2.48. The summed E-state index contributed by atoms with van der Waals surface area (Å²) in [5.74, 6) is 1.27. The van der Waals surface area contributed by atoms with Crippen LogP contribution in [0.3, 0.4) is 0 Å². The van der Waals surface area contributed by atoms with Crippen molar-refractivity contribution in [3.63, 3.8) is 0 Å². The third-order valence-corrected chi connectivity index (χ3v) is 6.20. The number of aliphatic carboxylic acids is 1. The number of unbranched alkanes of at least 4 members (excludes halogenated alkanes) is 1. The molecule has 0 spiro atoms. The highest BCUT2D eigenvalue weighted by Crippen LogP contribution is 2.36. The third-order valence-electron chi connectivity index (χ3n) is 5.06. The minimum absolute atomic E-state index is 0.120. The summed E-state index contributed by atoms with van der Waals surface area (Å²) in [7, 11) is 0. The van der Waals surface area contributed by atoms with Gasteiger partial charge in [0.2, 0.25) is 0 Å². The van der Waals surface area contributed by atoms with Gasteiger partial charge in [0, 0.05) is 19.6 Å². The van der Waals surface area contributed by atoms with Crippen LogP contribution in [0.1, 0.15) is 53.9 Å². The van der Waals surface area contributed by atoms with Gasteiger partial charge in [-0.05, 0) is 42.6 Å². The summed E-state index contributed by atoms with van der Waals surface area (Å²) in [5, 5.41) is 9.72. The number of nitrogens with zero attached hydrogens (tertiary/aromatic N) is 2. The highest BCUT2D eigenvalue weighted by molar-refractivity contribution is 8.00. The van der Waals surface area contributed by atoms with E-state index in [1.165, 1.54) is 12.2 Å². The quantitative estimate of drug-likeness (QED) is 0.622. The molecule has 1 saturated heterocycles. The summed E-state index contributed by atoms with van der Waals surface area (Å²) in [4.78, 5) is 16.7. The highest BCUT2D eigenvalue weighted by atomic mass is 32.2. The van der Waals surface area contributed by atoms with Crippen molar-refractivity contribution in [2.45, 2.75) is 59.3 Å². The maximum atomic E-state index is 12.0. The second kappa shape index (κ2) is 9.87. The molecule has 0 aromatic heterocycles. The average Bonchev–Trinajstić information content (AvgIpc) is 2.59. The molecule has 27 heavy (non-hydrogen) atoms. The van der Waals surface area contributed by atoms with Crippen molar-refractivity contribution in [1.29, 1.82) is 0 Å². The summed E-state index contributed by atoms with van der Waals surface area (Å²) in [6.07, 6.45) is 5.49. The summed E-state index contributed by atoms with van der Waals surface area (Å²) in [5.41, 5.74) is 1.75. The molecule has 0 saturated carbocycles. The van der Waals surface area contributed by atoms with E-state index in [0.717, 1.165) is 57.0 Å². The minimum atomic E-state index is -0.796. The molecule has 1 fully saturated rings. The number of morpholine rings is 1. The molecule has 2 aliphatic rings. The Kier molecular flexibility index (Phi) is 8.10. The third kappa shape index (κ3) is 6.18. The molecular weight excluding hydrogens is 360 g/mol. The second-order valence-corrected chi connectivity index (χ2v) is 9.88. The van der Waals surface area contributed by atoms with E-state index in [-0.39, 0.29) is 5.37 Å². The van der Waals surface area contributed by atoms with E-state index in [0.29, 0.717) is 11.0 Å². The smallest absolute Gasteiger partial charge is 0.334 e. The monoisotopic (exact) mass is 396 g/mol. The Morgan fingerprint density at radius 3 is 2.52 bits per heavy atom. The molecule has 0 aromatic carbocycles. The van der Waals surface area contributed by atoms with Gasteiger partial charge < -0.3 is 19.6 Å². The molecule has 6 heteroatoms. The summed E-state index contributed by atoms with van der Waals surface area (Å²) >= 11 is 1.72. The van der Waals surface area contributed by atoms with Crippen LogP contribution in [-0.4, -0.2) is 64.9 Å². The van der Waals surface area contributed by atoms with Crippen molar-refractivity contribution >= 4 is 17.7 Å². The minimum Gasteiger partial charge on any atom is -0.478 e. The standard InChI is InChI=1S/C21H36N2O3S/c1-6-27-19-18(20(24)25)16(2)15-17(22-11-13-26-14-12-22)23(19)10-8-7-9-21(3,4)5/h15,19H,6-14H2,1-5H3,(H,24,25). The highest BCUT2D eigenvalue weighted by Gasteiger charge is 2.35. The normalized spacial score (nSPS) is 21.5. The molecule has 154 valence electrons. The predicted molar refractivity (Wildman–Crippen MR) is 113 cm³/mol. The molecule has 2 aliphatic heterocycles. The van der Waals surface area contributed by atoms with Gasteiger partial charge in [0.1, 0.15) is 11.2 Å². The van der Waals surface area contributed by atoms with Crippen molar-refractivity contribution in [3.05, 3.63) is 23.0 Å². The van der Waals surface area contributed by atoms with Gasteiger partial charge in [-0.3, -0.25) is 0 Å². The predicted octanol–water partition coefficient (Wildman–Crippen LogP) is 4.17. The largest absolute Gasteiger partial charge is 0.478 e. The molecule has 0 amide bonds. The summed E-state index contributed by atoms with van der Waals surface area (Å²) < 4.78 is 5.52. The topological polar surface area (TPSA) is 53.0 Å². The zero-order valence-electron chi connectivity index (χ0n) is 17.6. The Balaban J connectivity index is 2.24. The fourth-order valence-electron chi connectivity index (χ4n) is 3.67. The second-order valence-electron chi connectivity index (χ2n) is 8.52. The average molecular weight is 397 g/mol. The van der Waals surface area contributed by atoms with Gasteiger partial charge in [0.25, 0.3) is 0 Å². The Morgan fingerprint density at radius 2 is 1.96 bits per heavy atom. The van der Waals surface area contributed by atoms with Gasteiger partial charge >= 0.3 is 5.97 Å². The molecule has 2 rings (SSSR count). The molecule has 0 radical (unpaired) electrons. The van der Waals surface area contributed by atoms with Crippen LogP contribution in [0.15, 0.2) is 23.0 Å². The van der Waals surface area contributed by atoms with Crippen LogP contribution in [0.25, 0.3) is 0 Å². The number of thioether (sulfide) groups is 1. The number of hydrogen-bond donors (Lipinski definition) is 1. The van der Waals surface area contributed by atoms with Crippen LogP contribution in [-0.2, 0) is 9.53 Å². The van der Waals surface area contributed by atoms with Crippen molar-refractivity contribution in [3.8, 4) is 0 Å². The first-order valence-electron chi connectivity index (χ1n) is 10.1. The number of carboxylic acid groups (broad SMARTS) is 1. The first-order valence-corrected chi connectivity index (χ1v) is 11.2. The SMILES string of the molecule is CCSC1C(C(=O)O)=C(C)C=C(N2CCOCC2)N1CCCCC(C)(C)C. The lowest BCUT2D eigenvalue weighted by molar-refractivity contribution is -0.133. The fourth-order valence-corrected chi connectivity index (χ4v) is 4.83. The van der Waals surface area contributed by atoms with E-state index < -0.39 is 5.97 Å². The van der Waals surface area contributed by atoms with Crippen LogP contribution in [0.4, 0.5) is 0 Å². The molecule has 2 heterocycles. The van der Waals surface area contributed by atoms with Gasteiger partial charge in [0.05, 0.1) is 18.8 Å². The van der Waals surface area contributed by atoms with E-state index in [1.807, 2.05) is 6.92 Å². The van der Waals surface area contributed by atoms with Crippen LogP contribution >= 0.6 is 11.8 Å². The number of allylic oxidation sites excluding steroid dienone is 2. The molecule has 5 nitrogen and oxygen atoms in total. The van der Waals surface area contributed by atoms with Crippen LogP contribution in [0.2, 0.25) is 0 Å². The van der Waals surface area contributed by atoms with E-state index in [2.05, 4.69) is 43.6 Å². The molecule has 1 N–H and O–H groups in total. The number of carbonyl (C=O) groups is 1. The van der Waals surface area contributed by atoms with E-state index >= 15 is 0 Å². The van der Waals surface area contributed by atoms with Crippen LogP contribution < -0.4 is 0 Å². The zero-order chi connectivity index (χ0) is 20.0. The number of rotatable bonds is 8. The maximum Gasteiger partial charge on any atom is 0.334 e. The van der Waals surface area contributed by atoms with Crippen molar-refractivity contribution in [2.24, 2.45) is 5.41 Å². The lowest BCUT2D eigenvalue weighted by atomic mass is 9.90. The molecule has 1 unspecified atom stereocenters. The number of carboxylic acids is 1. The first kappa shape index (κ1) is 22.2. The van der Waals surface area contributed by atoms with Crippen molar-refractivity contribution in [1.82, 2.24) is 9.80 Å². The molecule has 0 aromatic rings. The summed E-state index contributed by atoms with van der Waals surface area (Å²) in [6, 6.07) is 0. The van der Waals surface area contributed by atoms with Gasteiger partial charge in [-0.25, -0.2) is 4.79 Å². The maximum absolute atomic E-state index is 12.0. The Labute approximate surface area is 168 Å². The Bertz CT molecular complexity index is 574. The Hall–Kier alpha value is -1.14. The fraction of sp³-hybridized carbons (Fsp3) is 0.762. The molecular formula is C21H36N2O3S. The summed E-state index contributed by atoms with van der Waals surface area (Å²) in [6.45, 7) is 14.9. The molecule has 0 aliphatic carbocycles. The lowest BCUT2D eigenvalue weighted by Gasteiger charge is -2.44. The van der Waals surface area contributed by atoms with Crippen LogP contribution in [0.5, 0.6) is 0 Å². The van der Waals surface area contributed by atoms with Gasteiger partial charge in [-0.1, -0.05) is 34.1 Å². The van der Waals surface area contributed by atoms with Gasteiger partial charge in [-0.15, -0.1) is 11.8 Å². The van der Waals surface area contributed by atoms with Crippen molar-refractivity contribution in [2.75, 3.05) is 38.6 Å². The number of hydrogen-bond acceptors (Lipinski definition) is 5. The van der Waals surface area contributed by atoms with E-state index in [9.17, 15) is 9.90 Å². The van der Waals surface area contributed by atoms with E-state index in [1.54, 1.807) is 11.8 Å². The van der Waals surface area contributed by atoms with Crippen molar-refractivity contribution < 1.29 is 14.6 Å².